The molecular weight excluding hydrogens is 298 g/mol. The van der Waals surface area contributed by atoms with Crippen LogP contribution >= 0.6 is 0 Å². The van der Waals surface area contributed by atoms with E-state index < -0.39 is 6.10 Å². The van der Waals surface area contributed by atoms with Crippen LogP contribution < -0.4 is 5.32 Å². The molecule has 0 saturated carbocycles. The highest BCUT2D eigenvalue weighted by molar-refractivity contribution is 5.95. The molecule has 0 aromatic heterocycles. The molecule has 3 heteroatoms. The number of rotatable bonds is 4. The number of nitrogens with one attached hydrogen (secondary N) is 1. The summed E-state index contributed by atoms with van der Waals surface area (Å²) in [4.78, 5) is 12.4. The molecule has 2 N–H and O–H groups in total. The summed E-state index contributed by atoms with van der Waals surface area (Å²) in [7, 11) is 0. The van der Waals surface area contributed by atoms with Crippen LogP contribution in [-0.4, -0.2) is 17.6 Å². The summed E-state index contributed by atoms with van der Waals surface area (Å²) in [6.07, 6.45) is -0.745. The van der Waals surface area contributed by atoms with Crippen molar-refractivity contribution >= 4 is 16.7 Å². The lowest BCUT2D eigenvalue weighted by Gasteiger charge is -2.15. The number of carbonyl (C=O) groups excluding carboxylic acids is 1. The van der Waals surface area contributed by atoms with Gasteiger partial charge in [0.25, 0.3) is 5.91 Å². The molecule has 3 nitrogen and oxygen atoms in total. The van der Waals surface area contributed by atoms with Crippen molar-refractivity contribution in [2.45, 2.75) is 20.0 Å². The van der Waals surface area contributed by atoms with Crippen molar-refractivity contribution in [3.63, 3.8) is 0 Å². The van der Waals surface area contributed by atoms with E-state index >= 15 is 0 Å². The third kappa shape index (κ3) is 3.31. The molecule has 1 amide bonds. The number of hydrogen-bond acceptors (Lipinski definition) is 2. The highest BCUT2D eigenvalue weighted by atomic mass is 16.3. The Hall–Kier alpha value is -2.65. The molecular formula is C21H21NO2. The maximum atomic E-state index is 12.4. The average Bonchev–Trinajstić information content (AvgIpc) is 2.61. The van der Waals surface area contributed by atoms with E-state index in [2.05, 4.69) is 5.32 Å². The summed E-state index contributed by atoms with van der Waals surface area (Å²) < 4.78 is 0. The number of carbonyl (C=O) groups is 1. The Morgan fingerprint density at radius 3 is 2.62 bits per heavy atom. The molecule has 0 fully saturated rings. The van der Waals surface area contributed by atoms with Crippen LogP contribution in [0.4, 0.5) is 0 Å². The summed E-state index contributed by atoms with van der Waals surface area (Å²) >= 11 is 0. The maximum absolute atomic E-state index is 12.4. The molecule has 0 bridgehead atoms. The van der Waals surface area contributed by atoms with Crippen LogP contribution in [0.1, 0.15) is 33.2 Å². The zero-order chi connectivity index (χ0) is 17.1. The highest BCUT2D eigenvalue weighted by Crippen LogP contribution is 2.24. The molecule has 3 aromatic rings. The second-order valence-corrected chi connectivity index (χ2v) is 6.11. The number of amides is 1. The normalized spacial score (nSPS) is 12.1. The van der Waals surface area contributed by atoms with Gasteiger partial charge < -0.3 is 10.4 Å². The van der Waals surface area contributed by atoms with Crippen LogP contribution in [0.2, 0.25) is 0 Å². The maximum Gasteiger partial charge on any atom is 0.251 e. The molecule has 3 rings (SSSR count). The van der Waals surface area contributed by atoms with E-state index in [1.54, 1.807) is 0 Å². The molecule has 24 heavy (non-hydrogen) atoms. The first-order valence-electron chi connectivity index (χ1n) is 8.07. The Morgan fingerprint density at radius 2 is 1.79 bits per heavy atom. The van der Waals surface area contributed by atoms with Crippen molar-refractivity contribution in [3.8, 4) is 0 Å². The first-order chi connectivity index (χ1) is 11.6. The lowest BCUT2D eigenvalue weighted by Crippen LogP contribution is -2.29. The second kappa shape index (κ2) is 6.85. The Balaban J connectivity index is 1.76. The largest absolute Gasteiger partial charge is 0.387 e. The van der Waals surface area contributed by atoms with E-state index in [0.717, 1.165) is 27.5 Å². The lowest BCUT2D eigenvalue weighted by atomic mass is 10.00. The standard InChI is InChI=1S/C21H21NO2/c1-14-10-11-15(2)19(12-14)21(24)22-13-20(23)18-9-5-7-16-6-3-4-8-17(16)18/h3-12,20,23H,13H2,1-2H3,(H,22,24). The van der Waals surface area contributed by atoms with E-state index in [1.807, 2.05) is 74.5 Å². The molecule has 122 valence electrons. The molecule has 0 radical (unpaired) electrons. The fourth-order valence-electron chi connectivity index (χ4n) is 2.92. The van der Waals surface area contributed by atoms with Gasteiger partial charge in [0.1, 0.15) is 0 Å². The molecule has 0 saturated heterocycles. The minimum atomic E-state index is -0.745. The molecule has 0 spiro atoms. The van der Waals surface area contributed by atoms with Gasteiger partial charge in [0.15, 0.2) is 0 Å². The first-order valence-corrected chi connectivity index (χ1v) is 8.07. The van der Waals surface area contributed by atoms with Gasteiger partial charge in [0.2, 0.25) is 0 Å². The van der Waals surface area contributed by atoms with Gasteiger partial charge in [0.05, 0.1) is 6.10 Å². The Morgan fingerprint density at radius 1 is 1.04 bits per heavy atom. The van der Waals surface area contributed by atoms with Gasteiger partial charge in [-0.25, -0.2) is 0 Å². The Kier molecular flexibility index (Phi) is 4.63. The number of benzene rings is 3. The van der Waals surface area contributed by atoms with Gasteiger partial charge >= 0.3 is 0 Å². The van der Waals surface area contributed by atoms with Crippen LogP contribution in [0.5, 0.6) is 0 Å². The van der Waals surface area contributed by atoms with E-state index in [-0.39, 0.29) is 12.5 Å². The predicted octanol–water partition coefficient (Wildman–Crippen LogP) is 3.92. The number of fused-ring (bicyclic) bond motifs is 1. The smallest absolute Gasteiger partial charge is 0.251 e. The van der Waals surface area contributed by atoms with Gasteiger partial charge in [-0.1, -0.05) is 60.2 Å². The molecule has 0 aliphatic carbocycles. The van der Waals surface area contributed by atoms with Gasteiger partial charge in [0, 0.05) is 12.1 Å². The van der Waals surface area contributed by atoms with Gasteiger partial charge in [-0.2, -0.15) is 0 Å². The third-order valence-corrected chi connectivity index (χ3v) is 4.28. The topological polar surface area (TPSA) is 49.3 Å². The van der Waals surface area contributed by atoms with Crippen LogP contribution in [0, 0.1) is 13.8 Å². The summed E-state index contributed by atoms with van der Waals surface area (Å²) in [5.41, 5.74) is 3.45. The summed E-state index contributed by atoms with van der Waals surface area (Å²) in [6.45, 7) is 4.05. The summed E-state index contributed by atoms with van der Waals surface area (Å²) in [5.74, 6) is -0.157. The second-order valence-electron chi connectivity index (χ2n) is 6.11. The summed E-state index contributed by atoms with van der Waals surface area (Å²) in [6, 6.07) is 19.6. The van der Waals surface area contributed by atoms with E-state index in [0.29, 0.717) is 5.56 Å². The highest BCUT2D eigenvalue weighted by Gasteiger charge is 2.14. The van der Waals surface area contributed by atoms with Crippen LogP contribution in [-0.2, 0) is 0 Å². The fourth-order valence-corrected chi connectivity index (χ4v) is 2.92. The van der Waals surface area contributed by atoms with Crippen molar-refractivity contribution in [1.82, 2.24) is 5.32 Å². The number of hydrogen-bond donors (Lipinski definition) is 2. The molecule has 3 aromatic carbocycles. The van der Waals surface area contributed by atoms with Crippen LogP contribution in [0.25, 0.3) is 10.8 Å². The molecule has 0 aliphatic heterocycles. The van der Waals surface area contributed by atoms with Crippen LogP contribution in [0.3, 0.4) is 0 Å². The van der Waals surface area contributed by atoms with Gasteiger partial charge in [-0.15, -0.1) is 0 Å². The Labute approximate surface area is 142 Å². The SMILES string of the molecule is Cc1ccc(C)c(C(=O)NCC(O)c2cccc3ccccc23)c1. The van der Waals surface area contributed by atoms with E-state index in [1.165, 1.54) is 0 Å². The molecule has 1 atom stereocenters. The number of aryl methyl sites for hydroxylation is 2. The zero-order valence-electron chi connectivity index (χ0n) is 13.9. The van der Waals surface area contributed by atoms with E-state index in [4.69, 9.17) is 0 Å². The molecule has 0 aliphatic rings. The number of aliphatic hydroxyl groups is 1. The molecule has 1 unspecified atom stereocenters. The van der Waals surface area contributed by atoms with Gasteiger partial charge in [-0.05, 0) is 41.8 Å². The monoisotopic (exact) mass is 319 g/mol. The van der Waals surface area contributed by atoms with Crippen LogP contribution in [0.15, 0.2) is 60.7 Å². The molecule has 0 heterocycles. The van der Waals surface area contributed by atoms with Crippen molar-refractivity contribution < 1.29 is 9.90 Å². The zero-order valence-corrected chi connectivity index (χ0v) is 13.9. The van der Waals surface area contributed by atoms with Crippen molar-refractivity contribution in [2.24, 2.45) is 0 Å². The van der Waals surface area contributed by atoms with Crippen molar-refractivity contribution in [2.75, 3.05) is 6.54 Å². The minimum absolute atomic E-state index is 0.157. The van der Waals surface area contributed by atoms with Crippen molar-refractivity contribution in [1.29, 1.82) is 0 Å². The van der Waals surface area contributed by atoms with Gasteiger partial charge in [-0.3, -0.25) is 4.79 Å². The Bertz CT molecular complexity index is 881. The quantitative estimate of drug-likeness (QED) is 0.766. The fraction of sp³-hybridized carbons (Fsp3) is 0.190. The third-order valence-electron chi connectivity index (χ3n) is 4.28. The predicted molar refractivity (Wildman–Crippen MR) is 97.2 cm³/mol. The van der Waals surface area contributed by atoms with E-state index in [9.17, 15) is 9.90 Å². The number of aliphatic hydroxyl groups excluding tert-OH is 1. The lowest BCUT2D eigenvalue weighted by molar-refractivity contribution is 0.0916. The first kappa shape index (κ1) is 16.2. The minimum Gasteiger partial charge on any atom is -0.387 e. The van der Waals surface area contributed by atoms with Crippen molar-refractivity contribution in [3.05, 3.63) is 82.9 Å². The average molecular weight is 319 g/mol. The summed E-state index contributed by atoms with van der Waals surface area (Å²) in [5, 5.41) is 15.5.